The van der Waals surface area contributed by atoms with E-state index in [9.17, 15) is 5.11 Å². The molecule has 0 unspecified atom stereocenters. The van der Waals surface area contributed by atoms with Crippen LogP contribution in [0, 0.1) is 0 Å². The maximum atomic E-state index is 10.6. The lowest BCUT2D eigenvalue weighted by molar-refractivity contribution is 0.0790. The summed E-state index contributed by atoms with van der Waals surface area (Å²) in [6, 6.07) is 8.28. The molecule has 0 saturated carbocycles. The molecule has 4 rings (SSSR count). The molecule has 2 aliphatic heterocycles. The molecule has 2 aliphatic rings. The third-order valence-electron chi connectivity index (χ3n) is 5.51. The van der Waals surface area contributed by atoms with Gasteiger partial charge in [-0.05, 0) is 24.6 Å². The van der Waals surface area contributed by atoms with E-state index in [1.807, 2.05) is 41.5 Å². The summed E-state index contributed by atoms with van der Waals surface area (Å²) in [6.45, 7) is 7.61. The largest absolute Gasteiger partial charge is 0.390 e. The maximum Gasteiger partial charge on any atom is 0.128 e. The van der Waals surface area contributed by atoms with Crippen molar-refractivity contribution in [3.05, 3.63) is 42.9 Å². The average molecular weight is 356 g/mol. The normalized spacial score (nSPS) is 25.0. The zero-order valence-electron chi connectivity index (χ0n) is 15.2. The summed E-state index contributed by atoms with van der Waals surface area (Å²) in [5.74, 6) is 1.05. The number of aromatic nitrogens is 3. The zero-order chi connectivity index (χ0) is 17.8. The molecule has 2 atom stereocenters. The van der Waals surface area contributed by atoms with Gasteiger partial charge < -0.3 is 10.0 Å². The van der Waals surface area contributed by atoms with Crippen molar-refractivity contribution in [1.82, 2.24) is 24.6 Å². The zero-order valence-corrected chi connectivity index (χ0v) is 15.2. The Morgan fingerprint density at radius 1 is 1.00 bits per heavy atom. The van der Waals surface area contributed by atoms with Crippen molar-refractivity contribution < 1.29 is 5.11 Å². The van der Waals surface area contributed by atoms with E-state index in [0.717, 1.165) is 64.6 Å². The highest BCUT2D eigenvalue weighted by Gasteiger charge is 2.36. The standard InChI is InChI=1S/C19H28N6O/c26-18-16-22(8-4-10-25-9-3-7-21-25)15-17(18)23-11-13-24(14-12-23)19-5-1-2-6-20-19/h1-3,5-7,9,17-18,26H,4,8,10-16H2/t17-,18-/m0/s1. The minimum atomic E-state index is -0.249. The number of rotatable bonds is 6. The number of anilines is 1. The molecule has 0 amide bonds. The summed E-state index contributed by atoms with van der Waals surface area (Å²) >= 11 is 0. The van der Waals surface area contributed by atoms with Gasteiger partial charge in [-0.1, -0.05) is 6.07 Å². The molecule has 0 radical (unpaired) electrons. The molecule has 0 aromatic carbocycles. The number of piperazine rings is 1. The number of nitrogens with zero attached hydrogens (tertiary/aromatic N) is 6. The second kappa shape index (κ2) is 8.16. The van der Waals surface area contributed by atoms with E-state index in [2.05, 4.69) is 30.8 Å². The van der Waals surface area contributed by atoms with E-state index in [1.165, 1.54) is 0 Å². The number of hydrogen-bond acceptors (Lipinski definition) is 6. The first-order valence-electron chi connectivity index (χ1n) is 9.57. The Bertz CT molecular complexity index is 656. The van der Waals surface area contributed by atoms with E-state index in [4.69, 9.17) is 0 Å². The van der Waals surface area contributed by atoms with Crippen LogP contribution in [0.15, 0.2) is 42.9 Å². The molecule has 0 aliphatic carbocycles. The topological polar surface area (TPSA) is 60.7 Å². The molecule has 0 bridgehead atoms. The van der Waals surface area contributed by atoms with Crippen molar-refractivity contribution in [3.8, 4) is 0 Å². The van der Waals surface area contributed by atoms with Crippen molar-refractivity contribution >= 4 is 5.82 Å². The molecular weight excluding hydrogens is 328 g/mol. The molecule has 2 aromatic rings. The fourth-order valence-electron chi connectivity index (χ4n) is 4.10. The van der Waals surface area contributed by atoms with Gasteiger partial charge in [-0.3, -0.25) is 14.5 Å². The van der Waals surface area contributed by atoms with E-state index >= 15 is 0 Å². The fourth-order valence-corrected chi connectivity index (χ4v) is 4.10. The molecule has 140 valence electrons. The van der Waals surface area contributed by atoms with Gasteiger partial charge in [0.15, 0.2) is 0 Å². The average Bonchev–Trinajstić information content (AvgIpc) is 3.32. The lowest BCUT2D eigenvalue weighted by Gasteiger charge is -2.39. The van der Waals surface area contributed by atoms with Crippen molar-refractivity contribution in [2.75, 3.05) is 50.7 Å². The molecule has 0 spiro atoms. The Labute approximate surface area is 154 Å². The smallest absolute Gasteiger partial charge is 0.128 e. The van der Waals surface area contributed by atoms with Gasteiger partial charge in [0.2, 0.25) is 0 Å². The second-order valence-corrected chi connectivity index (χ2v) is 7.23. The number of aryl methyl sites for hydroxylation is 1. The van der Waals surface area contributed by atoms with Crippen LogP contribution < -0.4 is 4.90 Å². The minimum Gasteiger partial charge on any atom is -0.390 e. The van der Waals surface area contributed by atoms with Gasteiger partial charge in [-0.2, -0.15) is 5.10 Å². The molecule has 4 heterocycles. The summed E-state index contributed by atoms with van der Waals surface area (Å²) in [5.41, 5.74) is 0. The van der Waals surface area contributed by atoms with Gasteiger partial charge in [0.05, 0.1) is 6.10 Å². The third-order valence-corrected chi connectivity index (χ3v) is 5.51. The quantitative estimate of drug-likeness (QED) is 0.815. The van der Waals surface area contributed by atoms with Crippen LogP contribution in [-0.4, -0.2) is 87.6 Å². The highest BCUT2D eigenvalue weighted by Crippen LogP contribution is 2.20. The Kier molecular flexibility index (Phi) is 5.48. The molecule has 2 saturated heterocycles. The summed E-state index contributed by atoms with van der Waals surface area (Å²) in [6.07, 6.45) is 6.49. The molecule has 2 aromatic heterocycles. The lowest BCUT2D eigenvalue weighted by atomic mass is 10.1. The van der Waals surface area contributed by atoms with Crippen LogP contribution in [0.2, 0.25) is 0 Å². The van der Waals surface area contributed by atoms with Gasteiger partial charge in [-0.25, -0.2) is 4.98 Å². The van der Waals surface area contributed by atoms with Crippen LogP contribution in [0.5, 0.6) is 0 Å². The van der Waals surface area contributed by atoms with Crippen molar-refractivity contribution in [1.29, 1.82) is 0 Å². The van der Waals surface area contributed by atoms with Crippen LogP contribution >= 0.6 is 0 Å². The van der Waals surface area contributed by atoms with Gasteiger partial charge in [-0.15, -0.1) is 0 Å². The Hall–Kier alpha value is -1.96. The van der Waals surface area contributed by atoms with E-state index in [0.29, 0.717) is 0 Å². The van der Waals surface area contributed by atoms with Gasteiger partial charge in [0.25, 0.3) is 0 Å². The predicted molar refractivity (Wildman–Crippen MR) is 101 cm³/mol. The molecule has 7 nitrogen and oxygen atoms in total. The first kappa shape index (κ1) is 17.5. The maximum absolute atomic E-state index is 10.6. The van der Waals surface area contributed by atoms with Crippen LogP contribution in [0.4, 0.5) is 5.82 Å². The Balaban J connectivity index is 1.23. The summed E-state index contributed by atoms with van der Waals surface area (Å²) in [4.78, 5) is 11.6. The predicted octanol–water partition coefficient (Wildman–Crippen LogP) is 0.536. The van der Waals surface area contributed by atoms with Crippen LogP contribution in [-0.2, 0) is 6.54 Å². The SMILES string of the molecule is O[C@H]1CN(CCCn2cccn2)C[C@@H]1N1CCN(c2ccccn2)CC1. The number of pyridine rings is 1. The third kappa shape index (κ3) is 4.06. The molecule has 26 heavy (non-hydrogen) atoms. The van der Waals surface area contributed by atoms with E-state index < -0.39 is 0 Å². The summed E-state index contributed by atoms with van der Waals surface area (Å²) in [5, 5.41) is 14.8. The lowest BCUT2D eigenvalue weighted by Crippen LogP contribution is -2.54. The number of hydrogen-bond donors (Lipinski definition) is 1. The number of aliphatic hydroxyl groups excluding tert-OH is 1. The first-order valence-corrected chi connectivity index (χ1v) is 9.57. The van der Waals surface area contributed by atoms with E-state index in [-0.39, 0.29) is 12.1 Å². The summed E-state index contributed by atoms with van der Waals surface area (Å²) < 4.78 is 1.97. The van der Waals surface area contributed by atoms with Crippen LogP contribution in [0.25, 0.3) is 0 Å². The number of aliphatic hydroxyl groups is 1. The monoisotopic (exact) mass is 356 g/mol. The molecule has 7 heteroatoms. The van der Waals surface area contributed by atoms with Crippen LogP contribution in [0.1, 0.15) is 6.42 Å². The molecule has 1 N–H and O–H groups in total. The molecule has 2 fully saturated rings. The highest BCUT2D eigenvalue weighted by molar-refractivity contribution is 5.38. The van der Waals surface area contributed by atoms with Gasteiger partial charge >= 0.3 is 0 Å². The minimum absolute atomic E-state index is 0.249. The number of likely N-dealkylation sites (tertiary alicyclic amines) is 1. The van der Waals surface area contributed by atoms with Crippen molar-refractivity contribution in [2.24, 2.45) is 0 Å². The Morgan fingerprint density at radius 2 is 1.88 bits per heavy atom. The first-order chi connectivity index (χ1) is 12.8. The van der Waals surface area contributed by atoms with Gasteiger partial charge in [0.1, 0.15) is 5.82 Å². The Morgan fingerprint density at radius 3 is 2.62 bits per heavy atom. The number of β-amino-alcohol motifs (C(OH)–C–C–N with tert-alkyl or cyclic N) is 1. The molecular formula is C19H28N6O. The fraction of sp³-hybridized carbons (Fsp3) is 0.579. The van der Waals surface area contributed by atoms with E-state index in [1.54, 1.807) is 0 Å². The van der Waals surface area contributed by atoms with Crippen LogP contribution in [0.3, 0.4) is 0 Å². The van der Waals surface area contributed by atoms with Gasteiger partial charge in [0, 0.05) is 77.0 Å². The van der Waals surface area contributed by atoms with Crippen molar-refractivity contribution in [3.63, 3.8) is 0 Å². The second-order valence-electron chi connectivity index (χ2n) is 7.23. The summed E-state index contributed by atoms with van der Waals surface area (Å²) in [7, 11) is 0. The highest BCUT2D eigenvalue weighted by atomic mass is 16.3. The van der Waals surface area contributed by atoms with Crippen molar-refractivity contribution in [2.45, 2.75) is 25.1 Å².